The molecule has 1 fully saturated rings. The second-order valence-electron chi connectivity index (χ2n) is 8.28. The fourth-order valence-electron chi connectivity index (χ4n) is 4.13. The van der Waals surface area contributed by atoms with Gasteiger partial charge in [-0.25, -0.2) is 24.9 Å². The number of imidazole rings is 1. The summed E-state index contributed by atoms with van der Waals surface area (Å²) in [6.07, 6.45) is 10.8. The van der Waals surface area contributed by atoms with Crippen LogP contribution in [0.3, 0.4) is 0 Å². The fourth-order valence-corrected chi connectivity index (χ4v) is 4.13. The molecule has 5 aromatic rings. The van der Waals surface area contributed by atoms with Crippen LogP contribution in [-0.2, 0) is 6.54 Å². The van der Waals surface area contributed by atoms with E-state index in [9.17, 15) is 4.79 Å². The molecule has 34 heavy (non-hydrogen) atoms. The lowest BCUT2D eigenvalue weighted by atomic mass is 10.1. The molecule has 0 amide bonds. The average molecular weight is 451 g/mol. The minimum absolute atomic E-state index is 0.130. The van der Waals surface area contributed by atoms with Crippen molar-refractivity contribution in [1.82, 2.24) is 34.1 Å². The van der Waals surface area contributed by atoms with Gasteiger partial charge in [0.05, 0.1) is 25.7 Å². The van der Waals surface area contributed by atoms with Crippen LogP contribution in [0.2, 0.25) is 0 Å². The third-order valence-corrected chi connectivity index (χ3v) is 6.03. The van der Waals surface area contributed by atoms with E-state index < -0.39 is 0 Å². The Hall–Kier alpha value is -4.40. The normalized spacial score (nSPS) is 13.3. The van der Waals surface area contributed by atoms with Gasteiger partial charge in [0.1, 0.15) is 17.5 Å². The molecule has 1 saturated carbocycles. The van der Waals surface area contributed by atoms with E-state index >= 15 is 0 Å². The molecule has 1 aliphatic rings. The molecule has 0 spiro atoms. The number of pyridine rings is 1. The smallest absolute Gasteiger partial charge is 0.252 e. The van der Waals surface area contributed by atoms with Crippen LogP contribution in [0.1, 0.15) is 30.0 Å². The number of rotatable bonds is 6. The second kappa shape index (κ2) is 8.18. The second-order valence-corrected chi connectivity index (χ2v) is 8.28. The van der Waals surface area contributed by atoms with Gasteiger partial charge in [-0.05, 0) is 36.6 Å². The zero-order valence-corrected chi connectivity index (χ0v) is 18.5. The SMILES string of the molecule is COc1ncnc(C2CC2)c1-c1ncc2ccc(=O)n(Cc3ccc(-n4ccnc4)cc3)c2n1. The maximum Gasteiger partial charge on any atom is 0.252 e. The van der Waals surface area contributed by atoms with Gasteiger partial charge in [0.25, 0.3) is 5.56 Å². The summed E-state index contributed by atoms with van der Waals surface area (Å²) in [4.78, 5) is 35.1. The van der Waals surface area contributed by atoms with Crippen molar-refractivity contribution in [2.24, 2.45) is 0 Å². The summed E-state index contributed by atoms with van der Waals surface area (Å²) in [6.45, 7) is 0.384. The van der Waals surface area contributed by atoms with Crippen LogP contribution in [0.25, 0.3) is 28.1 Å². The van der Waals surface area contributed by atoms with Crippen LogP contribution < -0.4 is 10.3 Å². The van der Waals surface area contributed by atoms with Crippen molar-refractivity contribution in [3.63, 3.8) is 0 Å². The molecule has 6 rings (SSSR count). The van der Waals surface area contributed by atoms with Crippen molar-refractivity contribution in [1.29, 1.82) is 0 Å². The quantitative estimate of drug-likeness (QED) is 0.390. The molecule has 4 heterocycles. The van der Waals surface area contributed by atoms with Gasteiger partial charge < -0.3 is 9.30 Å². The molecule has 9 nitrogen and oxygen atoms in total. The molecule has 4 aromatic heterocycles. The lowest BCUT2D eigenvalue weighted by molar-refractivity contribution is 0.397. The third kappa shape index (κ3) is 3.61. The Morgan fingerprint density at radius 1 is 1.06 bits per heavy atom. The molecule has 0 unspecified atom stereocenters. The van der Waals surface area contributed by atoms with Crippen molar-refractivity contribution in [2.75, 3.05) is 7.11 Å². The van der Waals surface area contributed by atoms with Crippen LogP contribution in [0, 0.1) is 0 Å². The van der Waals surface area contributed by atoms with E-state index in [-0.39, 0.29) is 5.56 Å². The molecule has 168 valence electrons. The van der Waals surface area contributed by atoms with Crippen molar-refractivity contribution in [2.45, 2.75) is 25.3 Å². The van der Waals surface area contributed by atoms with Crippen LogP contribution in [-0.4, -0.2) is 41.2 Å². The predicted octanol–water partition coefficient (Wildman–Crippen LogP) is 3.37. The van der Waals surface area contributed by atoms with E-state index in [2.05, 4.69) is 19.9 Å². The lowest BCUT2D eigenvalue weighted by Gasteiger charge is -2.13. The van der Waals surface area contributed by atoms with E-state index in [1.54, 1.807) is 42.5 Å². The molecule has 1 aromatic carbocycles. The number of nitrogens with zero attached hydrogens (tertiary/aromatic N) is 7. The van der Waals surface area contributed by atoms with Gasteiger partial charge in [-0.3, -0.25) is 9.36 Å². The summed E-state index contributed by atoms with van der Waals surface area (Å²) in [5, 5.41) is 0.780. The van der Waals surface area contributed by atoms with E-state index in [1.165, 1.54) is 6.33 Å². The Morgan fingerprint density at radius 2 is 1.91 bits per heavy atom. The maximum atomic E-state index is 12.9. The zero-order chi connectivity index (χ0) is 23.1. The van der Waals surface area contributed by atoms with Crippen LogP contribution >= 0.6 is 0 Å². The molecule has 1 aliphatic carbocycles. The van der Waals surface area contributed by atoms with Gasteiger partial charge in [0.2, 0.25) is 5.88 Å². The van der Waals surface area contributed by atoms with E-state index in [1.807, 2.05) is 35.0 Å². The highest BCUT2D eigenvalue weighted by molar-refractivity contribution is 5.78. The Morgan fingerprint density at radius 3 is 2.65 bits per heavy atom. The van der Waals surface area contributed by atoms with Crippen molar-refractivity contribution < 1.29 is 4.74 Å². The molecule has 0 N–H and O–H groups in total. The zero-order valence-electron chi connectivity index (χ0n) is 18.5. The Labute approximate surface area is 194 Å². The Bertz CT molecular complexity index is 1540. The van der Waals surface area contributed by atoms with Crippen LogP contribution in [0.5, 0.6) is 5.88 Å². The van der Waals surface area contributed by atoms with Gasteiger partial charge in [-0.15, -0.1) is 0 Å². The summed E-state index contributed by atoms with van der Waals surface area (Å²) in [5.41, 5.74) is 4.00. The van der Waals surface area contributed by atoms with Crippen molar-refractivity contribution in [3.8, 4) is 23.0 Å². The van der Waals surface area contributed by atoms with Crippen molar-refractivity contribution >= 4 is 11.0 Å². The summed E-state index contributed by atoms with van der Waals surface area (Å²) in [7, 11) is 1.58. The number of ether oxygens (including phenoxy) is 1. The highest BCUT2D eigenvalue weighted by Gasteiger charge is 2.31. The molecule has 0 radical (unpaired) electrons. The highest BCUT2D eigenvalue weighted by atomic mass is 16.5. The van der Waals surface area contributed by atoms with Gasteiger partial charge in [-0.1, -0.05) is 12.1 Å². The van der Waals surface area contributed by atoms with Gasteiger partial charge >= 0.3 is 0 Å². The molecule has 0 aliphatic heterocycles. The number of aromatic nitrogens is 7. The number of benzene rings is 1. The molecule has 9 heteroatoms. The Balaban J connectivity index is 1.43. The standard InChI is InChI=1S/C25H21N7O2/c1-34-25-21(22(17-4-5-17)28-14-29-25)23-27-12-18-6-9-20(33)32(24(18)30-23)13-16-2-7-19(8-3-16)31-11-10-26-15-31/h2-3,6-12,14-15,17H,4-5,13H2,1H3. The van der Waals surface area contributed by atoms with Gasteiger partial charge in [-0.2, -0.15) is 0 Å². The van der Waals surface area contributed by atoms with Gasteiger partial charge in [0.15, 0.2) is 5.82 Å². The first kappa shape index (κ1) is 20.2. The largest absolute Gasteiger partial charge is 0.480 e. The monoisotopic (exact) mass is 451 g/mol. The molecular formula is C25H21N7O2. The van der Waals surface area contributed by atoms with Crippen molar-refractivity contribution in [3.05, 3.63) is 89.3 Å². The third-order valence-electron chi connectivity index (χ3n) is 6.03. The van der Waals surface area contributed by atoms with E-state index in [0.717, 1.165) is 35.2 Å². The predicted molar refractivity (Wildman–Crippen MR) is 126 cm³/mol. The summed E-state index contributed by atoms with van der Waals surface area (Å²) in [5.74, 6) is 1.26. The summed E-state index contributed by atoms with van der Waals surface area (Å²) >= 11 is 0. The van der Waals surface area contributed by atoms with E-state index in [4.69, 9.17) is 9.72 Å². The number of hydrogen-bond donors (Lipinski definition) is 0. The number of fused-ring (bicyclic) bond motifs is 1. The van der Waals surface area contributed by atoms with E-state index in [0.29, 0.717) is 35.4 Å². The first-order chi connectivity index (χ1) is 16.7. The molecular weight excluding hydrogens is 430 g/mol. The minimum atomic E-state index is -0.130. The average Bonchev–Trinajstić information content (AvgIpc) is 3.58. The fraction of sp³-hybridized carbons (Fsp3) is 0.200. The number of hydrogen-bond acceptors (Lipinski definition) is 7. The summed E-state index contributed by atoms with van der Waals surface area (Å²) in [6, 6.07) is 11.3. The van der Waals surface area contributed by atoms with Gasteiger partial charge in [0, 0.05) is 41.6 Å². The number of methoxy groups -OCH3 is 1. The molecule has 0 atom stereocenters. The topological polar surface area (TPSA) is 101 Å². The first-order valence-electron chi connectivity index (χ1n) is 11.0. The molecule has 0 saturated heterocycles. The summed E-state index contributed by atoms with van der Waals surface area (Å²) < 4.78 is 9.11. The highest BCUT2D eigenvalue weighted by Crippen LogP contribution is 2.44. The minimum Gasteiger partial charge on any atom is -0.480 e. The van der Waals surface area contributed by atoms with Crippen LogP contribution in [0.4, 0.5) is 0 Å². The van der Waals surface area contributed by atoms with Crippen LogP contribution in [0.15, 0.2) is 72.4 Å². The lowest BCUT2D eigenvalue weighted by Crippen LogP contribution is -2.21. The maximum absolute atomic E-state index is 12.9. The first-order valence-corrected chi connectivity index (χ1v) is 11.0. The Kier molecular flexibility index (Phi) is 4.87. The molecule has 0 bridgehead atoms.